The van der Waals surface area contributed by atoms with E-state index in [0.29, 0.717) is 0 Å². The van der Waals surface area contributed by atoms with Gasteiger partial charge >= 0.3 is 12.1 Å². The number of carbonyl (C=O) groups excluding carboxylic acids is 2. The Bertz CT molecular complexity index is 327. The Morgan fingerprint density at radius 2 is 2.06 bits per heavy atom. The highest BCUT2D eigenvalue weighted by molar-refractivity contribution is 5.85. The summed E-state index contributed by atoms with van der Waals surface area (Å²) in [5, 5.41) is 10.9. The van der Waals surface area contributed by atoms with E-state index in [-0.39, 0.29) is 25.4 Å². The summed E-state index contributed by atoms with van der Waals surface area (Å²) >= 11 is 0. The number of carboxylic acid groups (broad SMARTS) is 1. The predicted molar refractivity (Wildman–Crippen MR) is 64.0 cm³/mol. The molecular formula is C11H18N2O5. The van der Waals surface area contributed by atoms with E-state index in [0.717, 1.165) is 0 Å². The molecule has 0 aliphatic heterocycles. The minimum absolute atomic E-state index is 0.00946. The standard InChI is InChI=1S/C11H18N2O5/c1-4-7-18-11(17)12-8(5-6-9(14)15)10(16)13(2)3/h4,8H,1,5-7H2,2-3H3,(H,12,17)(H,14,15)/t8-/m0/s1. The quantitative estimate of drug-likeness (QED) is 0.637. The molecule has 0 spiro atoms. The van der Waals surface area contributed by atoms with Crippen molar-refractivity contribution < 1.29 is 24.2 Å². The van der Waals surface area contributed by atoms with E-state index in [9.17, 15) is 14.4 Å². The van der Waals surface area contributed by atoms with Crippen LogP contribution in [0.2, 0.25) is 0 Å². The maximum Gasteiger partial charge on any atom is 0.408 e. The second-order valence-electron chi connectivity index (χ2n) is 3.75. The largest absolute Gasteiger partial charge is 0.481 e. The van der Waals surface area contributed by atoms with Crippen molar-refractivity contribution in [3.05, 3.63) is 12.7 Å². The molecule has 0 heterocycles. The van der Waals surface area contributed by atoms with Gasteiger partial charge in [-0.2, -0.15) is 0 Å². The van der Waals surface area contributed by atoms with Gasteiger partial charge in [0.05, 0.1) is 0 Å². The molecule has 0 fully saturated rings. The van der Waals surface area contributed by atoms with Crippen LogP contribution in [-0.4, -0.2) is 54.7 Å². The van der Waals surface area contributed by atoms with E-state index in [4.69, 9.17) is 5.11 Å². The van der Waals surface area contributed by atoms with Gasteiger partial charge < -0.3 is 20.1 Å². The van der Waals surface area contributed by atoms with Gasteiger partial charge in [-0.05, 0) is 6.42 Å². The van der Waals surface area contributed by atoms with Gasteiger partial charge in [-0.1, -0.05) is 12.7 Å². The van der Waals surface area contributed by atoms with Crippen LogP contribution >= 0.6 is 0 Å². The molecular weight excluding hydrogens is 240 g/mol. The second-order valence-corrected chi connectivity index (χ2v) is 3.75. The van der Waals surface area contributed by atoms with Crippen molar-refractivity contribution in [2.24, 2.45) is 0 Å². The summed E-state index contributed by atoms with van der Waals surface area (Å²) in [5.41, 5.74) is 0. The number of carboxylic acids is 1. The minimum atomic E-state index is -1.03. The number of aliphatic carboxylic acids is 1. The zero-order valence-corrected chi connectivity index (χ0v) is 10.5. The van der Waals surface area contributed by atoms with E-state index in [1.54, 1.807) is 0 Å². The molecule has 102 valence electrons. The first kappa shape index (κ1) is 16.0. The number of amides is 2. The van der Waals surface area contributed by atoms with E-state index in [2.05, 4.69) is 16.6 Å². The molecule has 7 heteroatoms. The molecule has 0 saturated heterocycles. The number of carbonyl (C=O) groups is 3. The maximum atomic E-state index is 11.7. The molecule has 0 rings (SSSR count). The molecule has 2 N–H and O–H groups in total. The first-order valence-electron chi connectivity index (χ1n) is 5.35. The summed E-state index contributed by atoms with van der Waals surface area (Å²) in [6, 6.07) is -0.909. The number of rotatable bonds is 7. The van der Waals surface area contributed by atoms with Crippen molar-refractivity contribution in [3.8, 4) is 0 Å². The van der Waals surface area contributed by atoms with Crippen LogP contribution in [0, 0.1) is 0 Å². The summed E-state index contributed by atoms with van der Waals surface area (Å²) in [5.74, 6) is -1.42. The lowest BCUT2D eigenvalue weighted by molar-refractivity contribution is -0.137. The normalized spacial score (nSPS) is 11.2. The van der Waals surface area contributed by atoms with Gasteiger partial charge in [0.2, 0.25) is 5.91 Å². The molecule has 1 atom stereocenters. The van der Waals surface area contributed by atoms with Gasteiger partial charge in [-0.3, -0.25) is 9.59 Å². The number of hydrogen-bond donors (Lipinski definition) is 2. The molecule has 7 nitrogen and oxygen atoms in total. The molecule has 0 bridgehead atoms. The zero-order chi connectivity index (χ0) is 14.1. The summed E-state index contributed by atoms with van der Waals surface area (Å²) in [6.45, 7) is 3.40. The maximum absolute atomic E-state index is 11.7. The predicted octanol–water partition coefficient (Wildman–Crippen LogP) is 0.220. The van der Waals surface area contributed by atoms with Crippen LogP contribution in [0.25, 0.3) is 0 Å². The molecule has 0 aliphatic carbocycles. The Morgan fingerprint density at radius 1 is 1.44 bits per heavy atom. The number of ether oxygens (including phenoxy) is 1. The highest BCUT2D eigenvalue weighted by Crippen LogP contribution is 2.01. The summed E-state index contributed by atoms with van der Waals surface area (Å²) in [7, 11) is 3.04. The molecule has 0 unspecified atom stereocenters. The topological polar surface area (TPSA) is 95.9 Å². The third-order valence-electron chi connectivity index (χ3n) is 2.01. The van der Waals surface area contributed by atoms with Crippen LogP contribution in [-0.2, 0) is 14.3 Å². The number of nitrogens with zero attached hydrogens (tertiary/aromatic N) is 1. The number of alkyl carbamates (subject to hydrolysis) is 1. The van der Waals surface area contributed by atoms with Crippen molar-refractivity contribution in [1.82, 2.24) is 10.2 Å². The first-order chi connectivity index (χ1) is 8.38. The summed E-state index contributed by atoms with van der Waals surface area (Å²) < 4.78 is 4.67. The average Bonchev–Trinajstić information content (AvgIpc) is 2.30. The third kappa shape index (κ3) is 6.51. The fourth-order valence-corrected chi connectivity index (χ4v) is 1.16. The molecule has 0 aromatic heterocycles. The SMILES string of the molecule is C=CCOC(=O)N[C@@H](CCC(=O)O)C(=O)N(C)C. The van der Waals surface area contributed by atoms with E-state index in [1.165, 1.54) is 25.1 Å². The van der Waals surface area contributed by atoms with Gasteiger partial charge in [0.1, 0.15) is 12.6 Å². The van der Waals surface area contributed by atoms with Crippen LogP contribution in [0.4, 0.5) is 4.79 Å². The first-order valence-corrected chi connectivity index (χ1v) is 5.35. The Hall–Kier alpha value is -2.05. The highest BCUT2D eigenvalue weighted by Gasteiger charge is 2.23. The molecule has 0 radical (unpaired) electrons. The van der Waals surface area contributed by atoms with Crippen molar-refractivity contribution in [2.45, 2.75) is 18.9 Å². The average molecular weight is 258 g/mol. The van der Waals surface area contributed by atoms with E-state index >= 15 is 0 Å². The van der Waals surface area contributed by atoms with Crippen LogP contribution in [0.15, 0.2) is 12.7 Å². The minimum Gasteiger partial charge on any atom is -0.481 e. The lowest BCUT2D eigenvalue weighted by Crippen LogP contribution is -2.46. The number of hydrogen-bond acceptors (Lipinski definition) is 4. The highest BCUT2D eigenvalue weighted by atomic mass is 16.5. The zero-order valence-electron chi connectivity index (χ0n) is 10.5. The van der Waals surface area contributed by atoms with Crippen LogP contribution in [0.3, 0.4) is 0 Å². The van der Waals surface area contributed by atoms with Crippen LogP contribution in [0.5, 0.6) is 0 Å². The van der Waals surface area contributed by atoms with Crippen molar-refractivity contribution in [2.75, 3.05) is 20.7 Å². The van der Waals surface area contributed by atoms with Gasteiger partial charge in [0, 0.05) is 20.5 Å². The fraction of sp³-hybridized carbons (Fsp3) is 0.545. The van der Waals surface area contributed by atoms with Crippen LogP contribution in [0.1, 0.15) is 12.8 Å². The Labute approximate surface area is 105 Å². The second kappa shape index (κ2) is 8.10. The molecule has 0 aromatic carbocycles. The molecule has 0 saturated carbocycles. The van der Waals surface area contributed by atoms with E-state index in [1.807, 2.05) is 0 Å². The van der Waals surface area contributed by atoms with Gasteiger partial charge in [0.25, 0.3) is 0 Å². The Kier molecular flexibility index (Phi) is 7.18. The van der Waals surface area contributed by atoms with E-state index < -0.39 is 18.1 Å². The Balaban J connectivity index is 4.45. The lowest BCUT2D eigenvalue weighted by atomic mass is 10.1. The molecule has 0 aromatic rings. The third-order valence-corrected chi connectivity index (χ3v) is 2.01. The Morgan fingerprint density at radius 3 is 2.50 bits per heavy atom. The number of nitrogens with one attached hydrogen (secondary N) is 1. The summed E-state index contributed by atoms with van der Waals surface area (Å²) in [4.78, 5) is 34.7. The number of likely N-dealkylation sites (N-methyl/N-ethyl adjacent to an activating group) is 1. The van der Waals surface area contributed by atoms with Crippen LogP contribution < -0.4 is 5.32 Å². The fourth-order valence-electron chi connectivity index (χ4n) is 1.16. The molecule has 2 amide bonds. The smallest absolute Gasteiger partial charge is 0.408 e. The molecule has 0 aliphatic rings. The lowest BCUT2D eigenvalue weighted by Gasteiger charge is -2.20. The summed E-state index contributed by atoms with van der Waals surface area (Å²) in [6.07, 6.45) is 0.404. The van der Waals surface area contributed by atoms with Gasteiger partial charge in [-0.25, -0.2) is 4.79 Å². The van der Waals surface area contributed by atoms with Gasteiger partial charge in [-0.15, -0.1) is 0 Å². The van der Waals surface area contributed by atoms with Crippen molar-refractivity contribution in [1.29, 1.82) is 0 Å². The van der Waals surface area contributed by atoms with Gasteiger partial charge in [0.15, 0.2) is 0 Å². The van der Waals surface area contributed by atoms with Crippen molar-refractivity contribution >= 4 is 18.0 Å². The van der Waals surface area contributed by atoms with Crippen molar-refractivity contribution in [3.63, 3.8) is 0 Å². The molecule has 18 heavy (non-hydrogen) atoms. The monoisotopic (exact) mass is 258 g/mol.